The second-order valence-corrected chi connectivity index (χ2v) is 4.95. The average Bonchev–Trinajstić information content (AvgIpc) is 2.79. The second-order valence-electron chi connectivity index (χ2n) is 4.95. The molecular weight excluding hydrogens is 224 g/mol. The van der Waals surface area contributed by atoms with E-state index in [1.165, 1.54) is 11.1 Å². The first-order valence-electron chi connectivity index (χ1n) is 6.32. The number of aryl methyl sites for hydroxylation is 2. The van der Waals surface area contributed by atoms with E-state index in [4.69, 9.17) is 0 Å². The summed E-state index contributed by atoms with van der Waals surface area (Å²) in [4.78, 5) is 19.3. The van der Waals surface area contributed by atoms with Gasteiger partial charge in [-0.3, -0.25) is 4.79 Å². The van der Waals surface area contributed by atoms with E-state index in [1.807, 2.05) is 13.8 Å². The summed E-state index contributed by atoms with van der Waals surface area (Å²) in [6.07, 6.45) is 2.10. The van der Waals surface area contributed by atoms with Crippen LogP contribution in [0.1, 0.15) is 40.5 Å². The number of rotatable bonds is 1. The molecule has 0 radical (unpaired) electrons. The minimum atomic E-state index is -0.0121. The standard InChI is InChI=1S/C15H16N2O/c1-9-10(2)16-14(17-15(9)18)13-8-7-11-5-3-4-6-12(11)13/h3-6,13H,7-8H2,1-2H3,(H,16,17,18). The quantitative estimate of drug-likeness (QED) is 0.832. The molecule has 0 bridgehead atoms. The maximum absolute atomic E-state index is 11.8. The summed E-state index contributed by atoms with van der Waals surface area (Å²) in [5.41, 5.74) is 4.22. The van der Waals surface area contributed by atoms with Crippen LogP contribution in [0, 0.1) is 13.8 Å². The van der Waals surface area contributed by atoms with Crippen molar-refractivity contribution in [3.63, 3.8) is 0 Å². The fourth-order valence-corrected chi connectivity index (χ4v) is 2.67. The van der Waals surface area contributed by atoms with Gasteiger partial charge in [-0.25, -0.2) is 4.98 Å². The van der Waals surface area contributed by atoms with E-state index >= 15 is 0 Å². The maximum atomic E-state index is 11.8. The topological polar surface area (TPSA) is 45.8 Å². The summed E-state index contributed by atoms with van der Waals surface area (Å²) >= 11 is 0. The van der Waals surface area contributed by atoms with Gasteiger partial charge in [0.2, 0.25) is 0 Å². The van der Waals surface area contributed by atoms with Crippen LogP contribution in [0.25, 0.3) is 0 Å². The minimum Gasteiger partial charge on any atom is -0.310 e. The highest BCUT2D eigenvalue weighted by Crippen LogP contribution is 2.35. The second kappa shape index (κ2) is 4.09. The molecule has 3 rings (SSSR count). The minimum absolute atomic E-state index is 0.0121. The predicted octanol–water partition coefficient (Wildman–Crippen LogP) is 2.46. The highest BCUT2D eigenvalue weighted by molar-refractivity contribution is 5.38. The van der Waals surface area contributed by atoms with Gasteiger partial charge in [-0.1, -0.05) is 24.3 Å². The van der Waals surface area contributed by atoms with Crippen molar-refractivity contribution < 1.29 is 0 Å². The van der Waals surface area contributed by atoms with Crippen molar-refractivity contribution in [2.45, 2.75) is 32.6 Å². The van der Waals surface area contributed by atoms with Crippen molar-refractivity contribution in [1.82, 2.24) is 9.97 Å². The van der Waals surface area contributed by atoms with Crippen LogP contribution in [0.3, 0.4) is 0 Å². The smallest absolute Gasteiger partial charge is 0.254 e. The number of aromatic amines is 1. The third-order valence-electron chi connectivity index (χ3n) is 3.88. The molecule has 0 amide bonds. The molecule has 1 unspecified atom stereocenters. The Morgan fingerprint density at radius 3 is 2.83 bits per heavy atom. The van der Waals surface area contributed by atoms with Crippen LogP contribution in [0.4, 0.5) is 0 Å². The number of hydrogen-bond acceptors (Lipinski definition) is 2. The lowest BCUT2D eigenvalue weighted by molar-refractivity contribution is 0.715. The summed E-state index contributed by atoms with van der Waals surface area (Å²) in [5, 5.41) is 0. The van der Waals surface area contributed by atoms with E-state index in [-0.39, 0.29) is 11.5 Å². The van der Waals surface area contributed by atoms with Crippen molar-refractivity contribution in [3.05, 3.63) is 62.8 Å². The Hall–Kier alpha value is -1.90. The zero-order valence-corrected chi connectivity index (χ0v) is 10.7. The summed E-state index contributed by atoms with van der Waals surface area (Å²) in [6, 6.07) is 8.42. The third-order valence-corrected chi connectivity index (χ3v) is 3.88. The van der Waals surface area contributed by atoms with Crippen LogP contribution in [-0.4, -0.2) is 9.97 Å². The molecule has 1 atom stereocenters. The van der Waals surface area contributed by atoms with Gasteiger partial charge in [0.25, 0.3) is 5.56 Å². The molecule has 92 valence electrons. The Labute approximate surface area is 106 Å². The molecule has 3 nitrogen and oxygen atoms in total. The van der Waals surface area contributed by atoms with E-state index < -0.39 is 0 Å². The normalized spacial score (nSPS) is 17.8. The zero-order chi connectivity index (χ0) is 12.7. The molecule has 1 aliphatic rings. The van der Waals surface area contributed by atoms with Gasteiger partial charge >= 0.3 is 0 Å². The lowest BCUT2D eigenvalue weighted by Crippen LogP contribution is -2.18. The number of aromatic nitrogens is 2. The molecule has 1 heterocycles. The van der Waals surface area contributed by atoms with Gasteiger partial charge in [-0.05, 0) is 37.8 Å². The zero-order valence-electron chi connectivity index (χ0n) is 10.7. The molecule has 0 aliphatic heterocycles. The summed E-state index contributed by atoms with van der Waals surface area (Å²) < 4.78 is 0. The Morgan fingerprint density at radius 1 is 1.28 bits per heavy atom. The lowest BCUT2D eigenvalue weighted by atomic mass is 10.0. The number of H-pyrrole nitrogens is 1. The van der Waals surface area contributed by atoms with Crippen molar-refractivity contribution >= 4 is 0 Å². The van der Waals surface area contributed by atoms with Gasteiger partial charge in [0, 0.05) is 17.2 Å². The summed E-state index contributed by atoms with van der Waals surface area (Å²) in [5.74, 6) is 1.06. The molecule has 1 aromatic carbocycles. The van der Waals surface area contributed by atoms with Gasteiger partial charge in [0.15, 0.2) is 0 Å². The fraction of sp³-hybridized carbons (Fsp3) is 0.333. The van der Waals surface area contributed by atoms with Crippen molar-refractivity contribution in [3.8, 4) is 0 Å². The van der Waals surface area contributed by atoms with E-state index in [0.717, 1.165) is 24.4 Å². The van der Waals surface area contributed by atoms with Crippen LogP contribution < -0.4 is 5.56 Å². The molecule has 0 saturated heterocycles. The molecule has 1 aliphatic carbocycles. The van der Waals surface area contributed by atoms with Crippen LogP contribution in [-0.2, 0) is 6.42 Å². The van der Waals surface area contributed by atoms with Crippen LogP contribution in [0.2, 0.25) is 0 Å². The number of benzene rings is 1. The molecule has 3 heteroatoms. The molecule has 18 heavy (non-hydrogen) atoms. The highest BCUT2D eigenvalue weighted by atomic mass is 16.1. The molecule has 2 aromatic rings. The SMILES string of the molecule is Cc1nc(C2CCc3ccccc32)[nH]c(=O)c1C. The maximum Gasteiger partial charge on any atom is 0.254 e. The predicted molar refractivity (Wildman–Crippen MR) is 70.9 cm³/mol. The number of nitrogens with zero attached hydrogens (tertiary/aromatic N) is 1. The first-order chi connectivity index (χ1) is 8.66. The number of fused-ring (bicyclic) bond motifs is 1. The Morgan fingerprint density at radius 2 is 2.06 bits per heavy atom. The van der Waals surface area contributed by atoms with Crippen molar-refractivity contribution in [2.24, 2.45) is 0 Å². The third kappa shape index (κ3) is 1.67. The number of nitrogens with one attached hydrogen (secondary N) is 1. The van der Waals surface area contributed by atoms with E-state index in [2.05, 4.69) is 34.2 Å². The monoisotopic (exact) mass is 240 g/mol. The van der Waals surface area contributed by atoms with Gasteiger partial charge in [-0.2, -0.15) is 0 Å². The first-order valence-corrected chi connectivity index (χ1v) is 6.32. The van der Waals surface area contributed by atoms with Crippen molar-refractivity contribution in [1.29, 1.82) is 0 Å². The van der Waals surface area contributed by atoms with Gasteiger partial charge in [0.05, 0.1) is 0 Å². The Kier molecular flexibility index (Phi) is 2.54. The van der Waals surface area contributed by atoms with Crippen LogP contribution >= 0.6 is 0 Å². The molecule has 0 spiro atoms. The molecule has 1 N–H and O–H groups in total. The van der Waals surface area contributed by atoms with Gasteiger partial charge in [-0.15, -0.1) is 0 Å². The van der Waals surface area contributed by atoms with E-state index in [1.54, 1.807) is 0 Å². The Bertz CT molecular complexity index is 658. The van der Waals surface area contributed by atoms with Crippen LogP contribution in [0.15, 0.2) is 29.1 Å². The Balaban J connectivity index is 2.11. The summed E-state index contributed by atoms with van der Waals surface area (Å²) in [6.45, 7) is 3.71. The average molecular weight is 240 g/mol. The molecule has 0 fully saturated rings. The molecule has 0 saturated carbocycles. The fourth-order valence-electron chi connectivity index (χ4n) is 2.67. The van der Waals surface area contributed by atoms with Gasteiger partial charge < -0.3 is 4.98 Å². The van der Waals surface area contributed by atoms with E-state index in [9.17, 15) is 4.79 Å². The van der Waals surface area contributed by atoms with Crippen molar-refractivity contribution in [2.75, 3.05) is 0 Å². The highest BCUT2D eigenvalue weighted by Gasteiger charge is 2.25. The number of hydrogen-bond donors (Lipinski definition) is 1. The summed E-state index contributed by atoms with van der Waals surface area (Å²) in [7, 11) is 0. The largest absolute Gasteiger partial charge is 0.310 e. The lowest BCUT2D eigenvalue weighted by Gasteiger charge is -2.12. The van der Waals surface area contributed by atoms with Gasteiger partial charge in [0.1, 0.15) is 5.82 Å². The van der Waals surface area contributed by atoms with E-state index in [0.29, 0.717) is 5.56 Å². The molecule has 1 aromatic heterocycles. The van der Waals surface area contributed by atoms with Crippen LogP contribution in [0.5, 0.6) is 0 Å². The molecular formula is C15H16N2O. The first kappa shape index (κ1) is 11.2.